The Balaban J connectivity index is 2.94. The normalized spacial score (nSPS) is 18.3. The Bertz CT molecular complexity index is 745. The zero-order valence-electron chi connectivity index (χ0n) is 17.5. The predicted molar refractivity (Wildman–Crippen MR) is 108 cm³/mol. The van der Waals surface area contributed by atoms with Crippen molar-refractivity contribution in [2.75, 3.05) is 13.2 Å². The van der Waals surface area contributed by atoms with E-state index in [0.29, 0.717) is 6.42 Å². The van der Waals surface area contributed by atoms with Crippen LogP contribution in [-0.4, -0.2) is 87.9 Å². The zero-order chi connectivity index (χ0) is 24.4. The summed E-state index contributed by atoms with van der Waals surface area (Å²) in [7, 11) is 0. The quantitative estimate of drug-likeness (QED) is 0.141. The Kier molecular flexibility index (Phi) is 10.5. The average Bonchev–Trinajstić information content (AvgIpc) is 3.22. The summed E-state index contributed by atoms with van der Waals surface area (Å²) >= 11 is 0. The summed E-state index contributed by atoms with van der Waals surface area (Å²) in [6, 6.07) is -4.91. The van der Waals surface area contributed by atoms with E-state index in [4.69, 9.17) is 22.3 Å². The fourth-order valence-electron chi connectivity index (χ4n) is 3.22. The summed E-state index contributed by atoms with van der Waals surface area (Å²) in [4.78, 5) is 72.4. The second-order valence-electron chi connectivity index (χ2n) is 7.45. The Labute approximate surface area is 183 Å². The Morgan fingerprint density at radius 2 is 1.53 bits per heavy atom. The smallest absolute Gasteiger partial charge is 0.326 e. The van der Waals surface area contributed by atoms with Gasteiger partial charge in [0, 0.05) is 19.4 Å². The van der Waals surface area contributed by atoms with Crippen LogP contribution in [-0.2, 0) is 28.8 Å². The first-order valence-corrected chi connectivity index (χ1v) is 10.0. The molecule has 180 valence electrons. The average molecular weight is 458 g/mol. The minimum atomic E-state index is -1.37. The molecule has 0 bridgehead atoms. The number of aliphatic hydroxyl groups is 1. The topological polar surface area (TPSA) is 248 Å². The third-order valence-corrected chi connectivity index (χ3v) is 4.96. The lowest BCUT2D eigenvalue weighted by atomic mass is 10.1. The molecule has 0 aromatic rings. The SMILES string of the molecule is NC(=O)CCC(NC(=O)C1CCCN1C(=O)C(CCC(N)=O)NC(=O)C(N)CO)C(=O)O. The third-order valence-electron chi connectivity index (χ3n) is 4.96. The highest BCUT2D eigenvalue weighted by Crippen LogP contribution is 2.20. The van der Waals surface area contributed by atoms with Crippen molar-refractivity contribution in [1.29, 1.82) is 0 Å². The molecule has 0 spiro atoms. The maximum atomic E-state index is 13.1. The maximum Gasteiger partial charge on any atom is 0.326 e. The first-order chi connectivity index (χ1) is 15.0. The Hall–Kier alpha value is -3.26. The Morgan fingerprint density at radius 3 is 2.03 bits per heavy atom. The van der Waals surface area contributed by atoms with E-state index in [1.807, 2.05) is 0 Å². The van der Waals surface area contributed by atoms with E-state index < -0.39 is 66.3 Å². The molecule has 10 N–H and O–H groups in total. The molecule has 0 saturated carbocycles. The number of hydrogen-bond donors (Lipinski definition) is 7. The maximum absolute atomic E-state index is 13.1. The van der Waals surface area contributed by atoms with Crippen LogP contribution in [0.1, 0.15) is 38.5 Å². The number of likely N-dealkylation sites (tertiary alicyclic amines) is 1. The number of carbonyl (C=O) groups excluding carboxylic acids is 5. The Morgan fingerprint density at radius 1 is 0.969 bits per heavy atom. The molecule has 14 nitrogen and oxygen atoms in total. The number of nitrogens with one attached hydrogen (secondary N) is 2. The van der Waals surface area contributed by atoms with E-state index in [9.17, 15) is 33.9 Å². The molecule has 0 aromatic carbocycles. The minimum absolute atomic E-state index is 0.154. The molecule has 1 rings (SSSR count). The number of aliphatic hydroxyl groups excluding tert-OH is 1. The lowest BCUT2D eigenvalue weighted by Gasteiger charge is -2.29. The van der Waals surface area contributed by atoms with Gasteiger partial charge in [0.2, 0.25) is 29.5 Å². The molecule has 1 saturated heterocycles. The number of nitrogens with two attached hydrogens (primary N) is 3. The number of rotatable bonds is 13. The molecule has 1 fully saturated rings. The van der Waals surface area contributed by atoms with E-state index >= 15 is 0 Å². The van der Waals surface area contributed by atoms with Crippen LogP contribution in [0.4, 0.5) is 0 Å². The second-order valence-corrected chi connectivity index (χ2v) is 7.45. The number of amides is 5. The molecule has 4 atom stereocenters. The van der Waals surface area contributed by atoms with Crippen molar-refractivity contribution in [2.45, 2.75) is 62.7 Å². The molecule has 0 radical (unpaired) electrons. The lowest BCUT2D eigenvalue weighted by molar-refractivity contribution is -0.145. The van der Waals surface area contributed by atoms with Crippen LogP contribution in [0.15, 0.2) is 0 Å². The molecule has 32 heavy (non-hydrogen) atoms. The summed E-state index contributed by atoms with van der Waals surface area (Å²) in [5.41, 5.74) is 15.6. The van der Waals surface area contributed by atoms with Gasteiger partial charge in [0.15, 0.2) is 0 Å². The fourth-order valence-corrected chi connectivity index (χ4v) is 3.22. The molecule has 1 heterocycles. The molecule has 5 amide bonds. The van der Waals surface area contributed by atoms with Crippen LogP contribution >= 0.6 is 0 Å². The number of carbonyl (C=O) groups is 6. The largest absolute Gasteiger partial charge is 0.480 e. The molecule has 1 aliphatic heterocycles. The van der Waals surface area contributed by atoms with E-state index in [1.165, 1.54) is 4.90 Å². The van der Waals surface area contributed by atoms with Crippen molar-refractivity contribution in [1.82, 2.24) is 15.5 Å². The van der Waals surface area contributed by atoms with Crippen LogP contribution in [0.3, 0.4) is 0 Å². The van der Waals surface area contributed by atoms with Gasteiger partial charge in [-0.05, 0) is 25.7 Å². The monoisotopic (exact) mass is 458 g/mol. The number of aliphatic carboxylic acids is 1. The van der Waals surface area contributed by atoms with Crippen molar-refractivity contribution in [2.24, 2.45) is 17.2 Å². The van der Waals surface area contributed by atoms with Crippen LogP contribution < -0.4 is 27.8 Å². The summed E-state index contributed by atoms with van der Waals surface area (Å²) < 4.78 is 0. The van der Waals surface area contributed by atoms with E-state index in [2.05, 4.69) is 10.6 Å². The van der Waals surface area contributed by atoms with E-state index in [0.717, 1.165) is 0 Å². The van der Waals surface area contributed by atoms with E-state index in [1.54, 1.807) is 0 Å². The molecular weight excluding hydrogens is 428 g/mol. The summed E-state index contributed by atoms with van der Waals surface area (Å²) in [5.74, 6) is -5.03. The van der Waals surface area contributed by atoms with Crippen molar-refractivity contribution in [3.63, 3.8) is 0 Å². The van der Waals surface area contributed by atoms with Gasteiger partial charge in [0.25, 0.3) is 0 Å². The molecule has 4 unspecified atom stereocenters. The minimum Gasteiger partial charge on any atom is -0.480 e. The number of carboxylic acids is 1. The third kappa shape index (κ3) is 8.11. The first-order valence-electron chi connectivity index (χ1n) is 10.0. The van der Waals surface area contributed by atoms with Gasteiger partial charge in [-0.1, -0.05) is 0 Å². The van der Waals surface area contributed by atoms with Gasteiger partial charge in [-0.3, -0.25) is 24.0 Å². The van der Waals surface area contributed by atoms with Crippen LogP contribution in [0.25, 0.3) is 0 Å². The summed E-state index contributed by atoms with van der Waals surface area (Å²) in [6.45, 7) is -0.510. The number of primary amides is 2. The van der Waals surface area contributed by atoms with Crippen LogP contribution in [0.5, 0.6) is 0 Å². The van der Waals surface area contributed by atoms with Crippen LogP contribution in [0, 0.1) is 0 Å². The van der Waals surface area contributed by atoms with Crippen molar-refractivity contribution in [3.8, 4) is 0 Å². The van der Waals surface area contributed by atoms with Crippen molar-refractivity contribution in [3.05, 3.63) is 0 Å². The van der Waals surface area contributed by atoms with E-state index in [-0.39, 0.29) is 38.6 Å². The van der Waals surface area contributed by atoms with Crippen LogP contribution in [0.2, 0.25) is 0 Å². The summed E-state index contributed by atoms with van der Waals surface area (Å²) in [5, 5.41) is 22.9. The number of carboxylic acid groups (broad SMARTS) is 1. The molecule has 1 aliphatic rings. The first kappa shape index (κ1) is 26.8. The van der Waals surface area contributed by atoms with Crippen molar-refractivity contribution >= 4 is 35.5 Å². The van der Waals surface area contributed by atoms with Gasteiger partial charge >= 0.3 is 5.97 Å². The predicted octanol–water partition coefficient (Wildman–Crippen LogP) is -4.12. The fraction of sp³-hybridized carbons (Fsp3) is 0.667. The standard InChI is InChI=1S/C18H30N6O8/c19-9(8-25)15(28)22-10(3-5-13(20)26)17(30)24-7-1-2-12(24)16(29)23-11(18(31)32)4-6-14(21)27/h9-12,25H,1-8,19H2,(H2,20,26)(H2,21,27)(H,22,28)(H,23,29)(H,31,32). The molecular formula is C18H30N6O8. The molecule has 14 heteroatoms. The zero-order valence-corrected chi connectivity index (χ0v) is 17.5. The van der Waals surface area contributed by atoms with Gasteiger partial charge < -0.3 is 42.9 Å². The lowest BCUT2D eigenvalue weighted by Crippen LogP contribution is -2.57. The highest BCUT2D eigenvalue weighted by atomic mass is 16.4. The summed E-state index contributed by atoms with van der Waals surface area (Å²) in [6.07, 6.45) is -0.171. The van der Waals surface area contributed by atoms with Crippen molar-refractivity contribution < 1.29 is 39.0 Å². The second kappa shape index (κ2) is 12.6. The van der Waals surface area contributed by atoms with Gasteiger partial charge in [-0.25, -0.2) is 4.79 Å². The highest BCUT2D eigenvalue weighted by molar-refractivity contribution is 5.94. The van der Waals surface area contributed by atoms with Gasteiger partial charge in [-0.15, -0.1) is 0 Å². The van der Waals surface area contributed by atoms with Gasteiger partial charge in [0.1, 0.15) is 24.2 Å². The molecule has 0 aromatic heterocycles. The van der Waals surface area contributed by atoms with Gasteiger partial charge in [-0.2, -0.15) is 0 Å². The van der Waals surface area contributed by atoms with Gasteiger partial charge in [0.05, 0.1) is 6.61 Å². The highest BCUT2D eigenvalue weighted by Gasteiger charge is 2.39. The number of hydrogen-bond acceptors (Lipinski definition) is 8. The number of nitrogens with zero attached hydrogens (tertiary/aromatic N) is 1. The molecule has 0 aliphatic carbocycles.